The van der Waals surface area contributed by atoms with E-state index in [1.807, 2.05) is 66.7 Å². The monoisotopic (exact) mass is 584 g/mol. The molecule has 0 spiro atoms. The van der Waals surface area contributed by atoms with E-state index in [0.717, 1.165) is 43.4 Å². The van der Waals surface area contributed by atoms with Crippen LogP contribution in [0.4, 0.5) is 0 Å². The van der Waals surface area contributed by atoms with Gasteiger partial charge in [-0.15, -0.1) is 0 Å². The summed E-state index contributed by atoms with van der Waals surface area (Å²) in [4.78, 5) is 33.4. The summed E-state index contributed by atoms with van der Waals surface area (Å²) in [7, 11) is 1.60. The van der Waals surface area contributed by atoms with E-state index < -0.39 is 12.0 Å². The fourth-order valence-corrected chi connectivity index (χ4v) is 7.16. The van der Waals surface area contributed by atoms with E-state index in [1.54, 1.807) is 25.5 Å². The van der Waals surface area contributed by atoms with Crippen molar-refractivity contribution < 1.29 is 14.3 Å². The lowest BCUT2D eigenvalue weighted by Crippen LogP contribution is -2.40. The molecule has 5 aromatic carbocycles. The first kappa shape index (κ1) is 26.9. The number of thiazole rings is 1. The van der Waals surface area contributed by atoms with Crippen LogP contribution in [0.2, 0.25) is 0 Å². The van der Waals surface area contributed by atoms with Crippen LogP contribution in [0, 0.1) is 0 Å². The number of carbonyl (C=O) groups excluding carboxylic acids is 1. The van der Waals surface area contributed by atoms with Crippen molar-refractivity contribution in [1.82, 2.24) is 4.57 Å². The van der Waals surface area contributed by atoms with E-state index in [-0.39, 0.29) is 12.2 Å². The number of methoxy groups -OCH3 is 1. The number of hydrogen-bond acceptors (Lipinski definition) is 6. The molecule has 1 aliphatic heterocycles. The van der Waals surface area contributed by atoms with Crippen molar-refractivity contribution in [3.8, 4) is 5.75 Å². The van der Waals surface area contributed by atoms with Gasteiger partial charge in [0.15, 0.2) is 4.80 Å². The predicted octanol–water partition coefficient (Wildman–Crippen LogP) is 6.27. The minimum atomic E-state index is -0.789. The largest absolute Gasteiger partial charge is 0.496 e. The van der Waals surface area contributed by atoms with Gasteiger partial charge < -0.3 is 9.47 Å². The zero-order valence-corrected chi connectivity index (χ0v) is 24.8. The summed E-state index contributed by atoms with van der Waals surface area (Å²) in [5.41, 5.74) is 2.31. The molecule has 6 aromatic rings. The Kier molecular flexibility index (Phi) is 6.67. The van der Waals surface area contributed by atoms with Crippen LogP contribution in [0.25, 0.3) is 38.4 Å². The second-order valence-corrected chi connectivity index (χ2v) is 11.4. The Balaban J connectivity index is 1.57. The quantitative estimate of drug-likeness (QED) is 0.177. The van der Waals surface area contributed by atoms with E-state index in [0.29, 0.717) is 26.4 Å². The van der Waals surface area contributed by atoms with Crippen LogP contribution in [0.3, 0.4) is 0 Å². The molecule has 0 N–H and O–H groups in total. The van der Waals surface area contributed by atoms with Gasteiger partial charge in [-0.3, -0.25) is 9.36 Å². The zero-order chi connectivity index (χ0) is 29.7. The van der Waals surface area contributed by atoms with Gasteiger partial charge in [0.2, 0.25) is 0 Å². The maximum Gasteiger partial charge on any atom is 0.338 e. The highest BCUT2D eigenvalue weighted by Gasteiger charge is 2.36. The van der Waals surface area contributed by atoms with Gasteiger partial charge in [0.25, 0.3) is 5.56 Å². The Morgan fingerprint density at radius 2 is 1.53 bits per heavy atom. The molecule has 0 radical (unpaired) electrons. The molecule has 1 aliphatic rings. The third-order valence-electron chi connectivity index (χ3n) is 8.03. The lowest BCUT2D eigenvalue weighted by molar-refractivity contribution is -0.139. The van der Waals surface area contributed by atoms with E-state index in [4.69, 9.17) is 14.5 Å². The molecule has 1 aromatic heterocycles. The average Bonchev–Trinajstić information content (AvgIpc) is 3.33. The highest BCUT2D eigenvalue weighted by molar-refractivity contribution is 7.07. The van der Waals surface area contributed by atoms with Gasteiger partial charge in [0.1, 0.15) is 11.8 Å². The molecule has 0 saturated carbocycles. The van der Waals surface area contributed by atoms with Crippen molar-refractivity contribution >= 4 is 55.7 Å². The first-order valence-electron chi connectivity index (χ1n) is 14.2. The van der Waals surface area contributed by atoms with Gasteiger partial charge in [0, 0.05) is 5.56 Å². The molecule has 0 fully saturated rings. The number of ether oxygens (including phenoxy) is 2. The van der Waals surface area contributed by atoms with Crippen molar-refractivity contribution in [2.75, 3.05) is 13.7 Å². The van der Waals surface area contributed by atoms with Crippen molar-refractivity contribution in [2.45, 2.75) is 19.9 Å². The third kappa shape index (κ3) is 4.35. The third-order valence-corrected chi connectivity index (χ3v) is 9.01. The van der Waals surface area contributed by atoms with Crippen molar-refractivity contribution in [2.24, 2.45) is 4.99 Å². The number of esters is 1. The molecule has 212 valence electrons. The molecule has 1 atom stereocenters. The van der Waals surface area contributed by atoms with Gasteiger partial charge in [-0.25, -0.2) is 9.79 Å². The first-order chi connectivity index (χ1) is 21.0. The van der Waals surface area contributed by atoms with Crippen molar-refractivity contribution in [1.29, 1.82) is 0 Å². The van der Waals surface area contributed by atoms with Crippen LogP contribution >= 0.6 is 11.3 Å². The number of benzene rings is 5. The molecule has 0 saturated heterocycles. The Labute approximate surface area is 251 Å². The summed E-state index contributed by atoms with van der Waals surface area (Å²) in [6, 6.07) is 29.5. The molecule has 0 amide bonds. The van der Waals surface area contributed by atoms with Gasteiger partial charge in [-0.05, 0) is 69.9 Å². The summed E-state index contributed by atoms with van der Waals surface area (Å²) in [5, 5.41) is 6.17. The van der Waals surface area contributed by atoms with Crippen molar-refractivity contribution in [3.05, 3.63) is 133 Å². The first-order valence-corrected chi connectivity index (χ1v) is 15.0. The molecular weight excluding hydrogens is 556 g/mol. The number of hydrogen-bond donors (Lipinski definition) is 0. The summed E-state index contributed by atoms with van der Waals surface area (Å²) < 4.78 is 13.5. The Bertz CT molecular complexity index is 2260. The van der Waals surface area contributed by atoms with Gasteiger partial charge >= 0.3 is 5.97 Å². The van der Waals surface area contributed by atoms with E-state index in [2.05, 4.69) is 30.3 Å². The molecule has 0 unspecified atom stereocenters. The highest BCUT2D eigenvalue weighted by atomic mass is 32.1. The second-order valence-electron chi connectivity index (χ2n) is 10.4. The van der Waals surface area contributed by atoms with Gasteiger partial charge in [-0.2, -0.15) is 0 Å². The van der Waals surface area contributed by atoms with E-state index in [9.17, 15) is 9.59 Å². The number of allylic oxidation sites excluding steroid dienone is 1. The van der Waals surface area contributed by atoms with Crippen LogP contribution in [0.5, 0.6) is 5.75 Å². The maximum absolute atomic E-state index is 14.5. The smallest absolute Gasteiger partial charge is 0.338 e. The van der Waals surface area contributed by atoms with Crippen LogP contribution in [-0.4, -0.2) is 24.3 Å². The zero-order valence-electron chi connectivity index (χ0n) is 24.0. The number of nitrogens with zero attached hydrogens (tertiary/aromatic N) is 2. The normalized spacial score (nSPS) is 15.1. The molecule has 7 heteroatoms. The molecule has 43 heavy (non-hydrogen) atoms. The number of carbonyl (C=O) groups is 1. The van der Waals surface area contributed by atoms with Gasteiger partial charge in [-0.1, -0.05) is 90.2 Å². The molecule has 7 rings (SSSR count). The van der Waals surface area contributed by atoms with E-state index in [1.165, 1.54) is 11.3 Å². The van der Waals surface area contributed by atoms with Crippen molar-refractivity contribution in [3.63, 3.8) is 0 Å². The SMILES string of the molecule is CCOC(=O)C1=C(C)N=c2s/c(=C\c3c4ccccc4cc4ccccc34)c(=O)n2[C@@H]1c1c(OC)ccc2ccccc12. The fraction of sp³-hybridized carbons (Fsp3) is 0.139. The van der Waals surface area contributed by atoms with Crippen LogP contribution in [0.1, 0.15) is 31.0 Å². The second kappa shape index (κ2) is 10.7. The lowest BCUT2D eigenvalue weighted by Gasteiger charge is -2.27. The molecule has 0 aliphatic carbocycles. The summed E-state index contributed by atoms with van der Waals surface area (Å²) in [6.07, 6.45) is 1.97. The fourth-order valence-electron chi connectivity index (χ4n) is 6.14. The number of fused-ring (bicyclic) bond motifs is 4. The van der Waals surface area contributed by atoms with E-state index >= 15 is 0 Å². The van der Waals surface area contributed by atoms with Crippen LogP contribution < -0.4 is 19.6 Å². The molecule has 2 heterocycles. The number of aromatic nitrogens is 1. The lowest BCUT2D eigenvalue weighted by atomic mass is 9.90. The summed E-state index contributed by atoms with van der Waals surface area (Å²) >= 11 is 1.32. The Morgan fingerprint density at radius 3 is 2.19 bits per heavy atom. The average molecular weight is 585 g/mol. The van der Waals surface area contributed by atoms with Crippen LogP contribution in [-0.2, 0) is 9.53 Å². The minimum absolute atomic E-state index is 0.202. The molecule has 6 nitrogen and oxygen atoms in total. The predicted molar refractivity (Wildman–Crippen MR) is 172 cm³/mol. The van der Waals surface area contributed by atoms with Gasteiger partial charge in [0.05, 0.1) is 29.5 Å². The maximum atomic E-state index is 14.5. The highest BCUT2D eigenvalue weighted by Crippen LogP contribution is 2.40. The van der Waals surface area contributed by atoms with Crippen LogP contribution in [0.15, 0.2) is 112 Å². The summed E-state index contributed by atoms with van der Waals surface area (Å²) in [6.45, 7) is 3.77. The summed E-state index contributed by atoms with van der Waals surface area (Å²) in [5.74, 6) is 0.0767. The standard InChI is InChI=1S/C36H28N2O4S/c1-4-42-35(40)31-21(2)37-36-38(33(31)32-27-16-10-5-11-22(27)17-18-29(32)41-3)34(39)30(43-36)20-28-25-14-8-6-12-23(25)19-24-13-7-9-15-26(24)28/h5-20,33H,4H2,1-3H3/b30-20-/t33-/m0/s1. The Hall–Kier alpha value is -5.01. The minimum Gasteiger partial charge on any atom is -0.496 e. The molecular formula is C36H28N2O4S. The number of rotatable bonds is 5. The Morgan fingerprint density at radius 1 is 0.907 bits per heavy atom. The topological polar surface area (TPSA) is 69.9 Å². The molecule has 0 bridgehead atoms.